The Morgan fingerprint density at radius 3 is 2.54 bits per heavy atom. The third-order valence-electron chi connectivity index (χ3n) is 4.51. The highest BCUT2D eigenvalue weighted by atomic mass is 32.1. The van der Waals surface area contributed by atoms with Crippen LogP contribution >= 0.6 is 12.2 Å². The van der Waals surface area contributed by atoms with Crippen LogP contribution in [0.15, 0.2) is 48.5 Å². The molecule has 0 aromatic heterocycles. The molecule has 0 atom stereocenters. The molecule has 1 aliphatic heterocycles. The molecule has 0 bridgehead atoms. The van der Waals surface area contributed by atoms with Gasteiger partial charge in [-0.15, -0.1) is 0 Å². The lowest BCUT2D eigenvalue weighted by molar-refractivity contribution is 0.0977. The Balaban J connectivity index is 1.52. The van der Waals surface area contributed by atoms with Gasteiger partial charge >= 0.3 is 0 Å². The summed E-state index contributed by atoms with van der Waals surface area (Å²) in [6.45, 7) is 7.24. The van der Waals surface area contributed by atoms with Gasteiger partial charge in [-0.1, -0.05) is 18.2 Å². The number of carbonyl (C=O) groups is 1. The Hall–Kier alpha value is -2.44. The van der Waals surface area contributed by atoms with Gasteiger partial charge in [-0.05, 0) is 87.9 Å². The molecular formula is C22H27N3O2S. The molecule has 1 amide bonds. The molecule has 2 aromatic carbocycles. The number of benzene rings is 2. The molecule has 1 fully saturated rings. The predicted molar refractivity (Wildman–Crippen MR) is 117 cm³/mol. The van der Waals surface area contributed by atoms with Crippen molar-refractivity contribution in [3.8, 4) is 5.75 Å². The fourth-order valence-corrected chi connectivity index (χ4v) is 3.42. The number of thiocarbonyl (C=S) groups is 1. The number of rotatable bonds is 6. The van der Waals surface area contributed by atoms with Crippen molar-refractivity contribution in [1.29, 1.82) is 0 Å². The maximum Gasteiger partial charge on any atom is 0.257 e. The van der Waals surface area contributed by atoms with Crippen LogP contribution in [-0.2, 0) is 6.54 Å². The van der Waals surface area contributed by atoms with Crippen molar-refractivity contribution in [2.45, 2.75) is 39.3 Å². The molecule has 1 aliphatic rings. The normalized spacial score (nSPS) is 14.1. The highest BCUT2D eigenvalue weighted by molar-refractivity contribution is 7.80. The average Bonchev–Trinajstić information content (AvgIpc) is 3.16. The molecule has 1 heterocycles. The summed E-state index contributed by atoms with van der Waals surface area (Å²) in [7, 11) is 0. The first kappa shape index (κ1) is 20.3. The van der Waals surface area contributed by atoms with Gasteiger partial charge in [-0.25, -0.2) is 0 Å². The van der Waals surface area contributed by atoms with Gasteiger partial charge in [-0.3, -0.25) is 15.0 Å². The zero-order valence-electron chi connectivity index (χ0n) is 16.4. The standard InChI is InChI=1S/C22H27N3O2S/c1-16(2)27-20-7-5-6-18(14-20)21(26)24-22(28)23-19-10-8-17(9-11-19)15-25-12-3-4-13-25/h5-11,14,16H,3-4,12-13,15H2,1-2H3,(H2,23,24,26,28). The van der Waals surface area contributed by atoms with E-state index in [2.05, 4.69) is 27.7 Å². The quantitative estimate of drug-likeness (QED) is 0.716. The number of carbonyl (C=O) groups excluding carboxylic acids is 1. The maximum atomic E-state index is 12.4. The molecule has 1 saturated heterocycles. The number of hydrogen-bond acceptors (Lipinski definition) is 4. The third kappa shape index (κ3) is 6.04. The number of hydrogen-bond donors (Lipinski definition) is 2. The van der Waals surface area contributed by atoms with Crippen LogP contribution in [0.4, 0.5) is 5.69 Å². The molecule has 6 heteroatoms. The van der Waals surface area contributed by atoms with Crippen LogP contribution in [-0.4, -0.2) is 35.1 Å². The second-order valence-corrected chi connectivity index (χ2v) is 7.69. The summed E-state index contributed by atoms with van der Waals surface area (Å²) in [6.07, 6.45) is 2.63. The lowest BCUT2D eigenvalue weighted by Crippen LogP contribution is -2.34. The van der Waals surface area contributed by atoms with Crippen LogP contribution in [0.2, 0.25) is 0 Å². The molecule has 0 saturated carbocycles. The van der Waals surface area contributed by atoms with Gasteiger partial charge in [-0.2, -0.15) is 0 Å². The molecule has 0 unspecified atom stereocenters. The highest BCUT2D eigenvalue weighted by Gasteiger charge is 2.12. The SMILES string of the molecule is CC(C)Oc1cccc(C(=O)NC(=S)Nc2ccc(CN3CCCC3)cc2)c1. The van der Waals surface area contributed by atoms with Gasteiger partial charge in [0.25, 0.3) is 5.91 Å². The van der Waals surface area contributed by atoms with Crippen LogP contribution in [0.5, 0.6) is 5.75 Å². The minimum absolute atomic E-state index is 0.0505. The van der Waals surface area contributed by atoms with Crippen LogP contribution in [0.25, 0.3) is 0 Å². The van der Waals surface area contributed by atoms with Gasteiger partial charge in [0.2, 0.25) is 0 Å². The fourth-order valence-electron chi connectivity index (χ4n) is 3.21. The van der Waals surface area contributed by atoms with E-state index < -0.39 is 0 Å². The van der Waals surface area contributed by atoms with E-state index in [1.54, 1.807) is 18.2 Å². The maximum absolute atomic E-state index is 12.4. The summed E-state index contributed by atoms with van der Waals surface area (Å²) >= 11 is 5.28. The Morgan fingerprint density at radius 1 is 1.14 bits per heavy atom. The minimum Gasteiger partial charge on any atom is -0.491 e. The van der Waals surface area contributed by atoms with Gasteiger partial charge in [0, 0.05) is 17.8 Å². The fraction of sp³-hybridized carbons (Fsp3) is 0.364. The topological polar surface area (TPSA) is 53.6 Å². The first-order valence-corrected chi connectivity index (χ1v) is 10.1. The number of nitrogens with one attached hydrogen (secondary N) is 2. The number of nitrogens with zero attached hydrogens (tertiary/aromatic N) is 1. The number of amides is 1. The van der Waals surface area contributed by atoms with E-state index in [-0.39, 0.29) is 17.1 Å². The van der Waals surface area contributed by atoms with Crippen molar-refractivity contribution >= 4 is 28.9 Å². The smallest absolute Gasteiger partial charge is 0.257 e. The Bertz CT molecular complexity index is 815. The van der Waals surface area contributed by atoms with E-state index in [9.17, 15) is 4.79 Å². The van der Waals surface area contributed by atoms with Crippen molar-refractivity contribution in [1.82, 2.24) is 10.2 Å². The lowest BCUT2D eigenvalue weighted by Gasteiger charge is -2.15. The third-order valence-corrected chi connectivity index (χ3v) is 4.72. The Morgan fingerprint density at radius 2 is 1.86 bits per heavy atom. The van der Waals surface area contributed by atoms with Gasteiger partial charge in [0.15, 0.2) is 5.11 Å². The second kappa shape index (κ2) is 9.66. The van der Waals surface area contributed by atoms with Crippen molar-refractivity contribution in [3.05, 3.63) is 59.7 Å². The van der Waals surface area contributed by atoms with Gasteiger partial charge in [0.1, 0.15) is 5.75 Å². The number of likely N-dealkylation sites (tertiary alicyclic amines) is 1. The van der Waals surface area contributed by atoms with Crippen LogP contribution < -0.4 is 15.4 Å². The van der Waals surface area contributed by atoms with Crippen molar-refractivity contribution < 1.29 is 9.53 Å². The van der Waals surface area contributed by atoms with Crippen LogP contribution in [0, 0.1) is 0 Å². The molecule has 0 spiro atoms. The number of ether oxygens (including phenoxy) is 1. The van der Waals surface area contributed by atoms with Gasteiger partial charge in [0.05, 0.1) is 6.10 Å². The highest BCUT2D eigenvalue weighted by Crippen LogP contribution is 2.16. The van der Waals surface area contributed by atoms with Crippen molar-refractivity contribution in [2.75, 3.05) is 18.4 Å². The molecule has 2 aromatic rings. The molecule has 2 N–H and O–H groups in total. The monoisotopic (exact) mass is 397 g/mol. The minimum atomic E-state index is -0.266. The zero-order valence-corrected chi connectivity index (χ0v) is 17.2. The van der Waals surface area contributed by atoms with E-state index in [1.807, 2.05) is 32.0 Å². The van der Waals surface area contributed by atoms with Gasteiger partial charge < -0.3 is 10.1 Å². The summed E-state index contributed by atoms with van der Waals surface area (Å²) in [5.41, 5.74) is 2.64. The molecule has 5 nitrogen and oxygen atoms in total. The second-order valence-electron chi connectivity index (χ2n) is 7.28. The van der Waals surface area contributed by atoms with Crippen LogP contribution in [0.3, 0.4) is 0 Å². The van der Waals surface area contributed by atoms with E-state index in [4.69, 9.17) is 17.0 Å². The van der Waals surface area contributed by atoms with E-state index in [1.165, 1.54) is 31.5 Å². The van der Waals surface area contributed by atoms with E-state index in [0.29, 0.717) is 11.3 Å². The first-order valence-electron chi connectivity index (χ1n) is 9.70. The average molecular weight is 398 g/mol. The van der Waals surface area contributed by atoms with Crippen molar-refractivity contribution in [3.63, 3.8) is 0 Å². The summed E-state index contributed by atoms with van der Waals surface area (Å²) in [6, 6.07) is 15.2. The Labute approximate surface area is 172 Å². The molecule has 3 rings (SSSR count). The molecule has 0 aliphatic carbocycles. The molecule has 28 heavy (non-hydrogen) atoms. The predicted octanol–water partition coefficient (Wildman–Crippen LogP) is 4.20. The summed E-state index contributed by atoms with van der Waals surface area (Å²) in [5.74, 6) is 0.396. The summed E-state index contributed by atoms with van der Waals surface area (Å²) < 4.78 is 5.63. The van der Waals surface area contributed by atoms with Crippen molar-refractivity contribution in [2.24, 2.45) is 0 Å². The zero-order chi connectivity index (χ0) is 19.9. The molecule has 148 valence electrons. The van der Waals surface area contributed by atoms with E-state index in [0.717, 1.165) is 12.2 Å². The largest absolute Gasteiger partial charge is 0.491 e. The van der Waals surface area contributed by atoms with Crippen LogP contribution in [0.1, 0.15) is 42.6 Å². The van der Waals surface area contributed by atoms with E-state index >= 15 is 0 Å². The summed E-state index contributed by atoms with van der Waals surface area (Å²) in [5, 5.41) is 6.05. The first-order chi connectivity index (χ1) is 13.5. The summed E-state index contributed by atoms with van der Waals surface area (Å²) in [4.78, 5) is 14.9. The molecular weight excluding hydrogens is 370 g/mol. The molecule has 0 radical (unpaired) electrons. The Kier molecular flexibility index (Phi) is 7.01. The lowest BCUT2D eigenvalue weighted by atomic mass is 10.2. The number of anilines is 1.